The third kappa shape index (κ3) is 2.66. The first-order valence-corrected chi connectivity index (χ1v) is 5.87. The average molecular weight is 253 g/mol. The van der Waals surface area contributed by atoms with E-state index in [4.69, 9.17) is 9.63 Å². The average Bonchev–Trinajstić information content (AvgIpc) is 2.94. The van der Waals surface area contributed by atoms with Gasteiger partial charge in [-0.15, -0.1) is 0 Å². The Morgan fingerprint density at radius 1 is 1.44 bits per heavy atom. The molecule has 18 heavy (non-hydrogen) atoms. The van der Waals surface area contributed by atoms with Gasteiger partial charge in [0.15, 0.2) is 5.82 Å². The lowest BCUT2D eigenvalue weighted by atomic mass is 9.95. The number of hydrogen-bond acceptors (Lipinski definition) is 5. The lowest BCUT2D eigenvalue weighted by molar-refractivity contribution is -0.146. The number of aliphatic carboxylic acids is 1. The lowest BCUT2D eigenvalue weighted by Crippen LogP contribution is -2.35. The molecule has 1 saturated carbocycles. The van der Waals surface area contributed by atoms with E-state index in [1.54, 1.807) is 6.92 Å². The van der Waals surface area contributed by atoms with E-state index in [1.807, 2.05) is 0 Å². The van der Waals surface area contributed by atoms with Crippen LogP contribution in [0, 0.1) is 18.8 Å². The predicted octanol–water partition coefficient (Wildman–Crippen LogP) is 0.495. The smallest absolute Gasteiger partial charge is 0.307 e. The van der Waals surface area contributed by atoms with Gasteiger partial charge in [-0.3, -0.25) is 9.59 Å². The molecule has 0 bridgehead atoms. The van der Waals surface area contributed by atoms with Gasteiger partial charge in [0.05, 0.1) is 18.4 Å². The van der Waals surface area contributed by atoms with Gasteiger partial charge in [0, 0.05) is 6.92 Å². The molecule has 0 aliphatic heterocycles. The van der Waals surface area contributed by atoms with Crippen molar-refractivity contribution in [3.8, 4) is 0 Å². The number of hydrogen-bond donors (Lipinski definition) is 2. The van der Waals surface area contributed by atoms with Crippen LogP contribution in [0.5, 0.6) is 0 Å². The zero-order valence-corrected chi connectivity index (χ0v) is 10.0. The molecule has 1 aromatic heterocycles. The van der Waals surface area contributed by atoms with Crippen LogP contribution in [0.25, 0.3) is 0 Å². The molecule has 1 amide bonds. The van der Waals surface area contributed by atoms with E-state index in [0.29, 0.717) is 24.6 Å². The van der Waals surface area contributed by atoms with Crippen molar-refractivity contribution < 1.29 is 19.2 Å². The first-order chi connectivity index (χ1) is 8.58. The van der Waals surface area contributed by atoms with Crippen LogP contribution in [0.1, 0.15) is 31.0 Å². The van der Waals surface area contributed by atoms with Gasteiger partial charge in [-0.2, -0.15) is 4.98 Å². The molecule has 1 heterocycles. The van der Waals surface area contributed by atoms with Crippen LogP contribution in [0.4, 0.5) is 0 Å². The summed E-state index contributed by atoms with van der Waals surface area (Å²) in [7, 11) is 0. The minimum Gasteiger partial charge on any atom is -0.481 e. The second kappa shape index (κ2) is 5.16. The monoisotopic (exact) mass is 253 g/mol. The van der Waals surface area contributed by atoms with E-state index >= 15 is 0 Å². The van der Waals surface area contributed by atoms with Crippen molar-refractivity contribution in [2.24, 2.45) is 11.8 Å². The van der Waals surface area contributed by atoms with Crippen molar-refractivity contribution in [1.82, 2.24) is 15.5 Å². The maximum Gasteiger partial charge on any atom is 0.307 e. The molecule has 1 aliphatic carbocycles. The second-order valence-electron chi connectivity index (χ2n) is 4.43. The maximum absolute atomic E-state index is 11.9. The van der Waals surface area contributed by atoms with Crippen LogP contribution in [0.3, 0.4) is 0 Å². The van der Waals surface area contributed by atoms with E-state index in [-0.39, 0.29) is 12.5 Å². The van der Waals surface area contributed by atoms with Crippen molar-refractivity contribution >= 4 is 11.9 Å². The number of amides is 1. The molecule has 0 spiro atoms. The summed E-state index contributed by atoms with van der Waals surface area (Å²) in [6.45, 7) is 1.83. The number of aromatic nitrogens is 2. The fourth-order valence-corrected chi connectivity index (χ4v) is 2.28. The van der Waals surface area contributed by atoms with Gasteiger partial charge >= 0.3 is 5.97 Å². The number of carboxylic acids is 1. The van der Waals surface area contributed by atoms with Gasteiger partial charge < -0.3 is 14.9 Å². The molecule has 98 valence electrons. The first kappa shape index (κ1) is 12.5. The minimum atomic E-state index is -0.900. The zero-order chi connectivity index (χ0) is 13.1. The molecule has 0 aromatic carbocycles. The van der Waals surface area contributed by atoms with Crippen LogP contribution in [-0.2, 0) is 16.1 Å². The Morgan fingerprint density at radius 2 is 2.17 bits per heavy atom. The van der Waals surface area contributed by atoms with Crippen LogP contribution in [0.2, 0.25) is 0 Å². The second-order valence-corrected chi connectivity index (χ2v) is 4.43. The summed E-state index contributed by atoms with van der Waals surface area (Å²) in [5, 5.41) is 15.3. The molecule has 1 aromatic rings. The molecule has 2 N–H and O–H groups in total. The molecule has 7 nitrogen and oxygen atoms in total. The topological polar surface area (TPSA) is 105 Å². The SMILES string of the molecule is Cc1nc(CNC(=O)[C@@H]2CCC[C@@H]2C(=O)O)no1. The molecule has 0 unspecified atom stereocenters. The van der Waals surface area contributed by atoms with Crippen molar-refractivity contribution in [3.05, 3.63) is 11.7 Å². The number of nitrogens with one attached hydrogen (secondary N) is 1. The van der Waals surface area contributed by atoms with Crippen LogP contribution >= 0.6 is 0 Å². The first-order valence-electron chi connectivity index (χ1n) is 5.87. The van der Waals surface area contributed by atoms with E-state index < -0.39 is 17.8 Å². The Labute approximate surface area is 104 Å². The molecule has 2 rings (SSSR count). The summed E-state index contributed by atoms with van der Waals surface area (Å²) in [5.41, 5.74) is 0. The zero-order valence-electron chi connectivity index (χ0n) is 10.0. The summed E-state index contributed by atoms with van der Waals surface area (Å²) in [6.07, 6.45) is 1.96. The lowest BCUT2D eigenvalue weighted by Gasteiger charge is -2.14. The highest BCUT2D eigenvalue weighted by Gasteiger charge is 2.37. The fourth-order valence-electron chi connectivity index (χ4n) is 2.28. The van der Waals surface area contributed by atoms with Crippen molar-refractivity contribution in [1.29, 1.82) is 0 Å². The van der Waals surface area contributed by atoms with E-state index in [2.05, 4.69) is 15.5 Å². The number of carboxylic acid groups (broad SMARTS) is 1. The molecule has 2 atom stereocenters. The van der Waals surface area contributed by atoms with Gasteiger partial charge in [-0.25, -0.2) is 0 Å². The third-order valence-electron chi connectivity index (χ3n) is 3.16. The van der Waals surface area contributed by atoms with Gasteiger partial charge in [-0.05, 0) is 12.8 Å². The quantitative estimate of drug-likeness (QED) is 0.809. The van der Waals surface area contributed by atoms with Crippen LogP contribution in [-0.4, -0.2) is 27.1 Å². The molecule has 1 aliphatic rings. The number of carbonyl (C=O) groups excluding carboxylic acids is 1. The molecule has 0 radical (unpaired) electrons. The Balaban J connectivity index is 1.89. The van der Waals surface area contributed by atoms with Gasteiger partial charge in [0.1, 0.15) is 0 Å². The fraction of sp³-hybridized carbons (Fsp3) is 0.636. The molecule has 7 heteroatoms. The summed E-state index contributed by atoms with van der Waals surface area (Å²) in [6, 6.07) is 0. The summed E-state index contributed by atoms with van der Waals surface area (Å²) in [4.78, 5) is 26.8. The normalized spacial score (nSPS) is 22.9. The Kier molecular flexibility index (Phi) is 3.59. The molecule has 0 saturated heterocycles. The van der Waals surface area contributed by atoms with Crippen LogP contribution in [0.15, 0.2) is 4.52 Å². The van der Waals surface area contributed by atoms with E-state index in [9.17, 15) is 9.59 Å². The summed E-state index contributed by atoms with van der Waals surface area (Å²) in [5.74, 6) is -1.34. The highest BCUT2D eigenvalue weighted by Crippen LogP contribution is 2.32. The number of nitrogens with zero attached hydrogens (tertiary/aromatic N) is 2. The highest BCUT2D eigenvalue weighted by atomic mass is 16.5. The van der Waals surface area contributed by atoms with Crippen molar-refractivity contribution in [3.63, 3.8) is 0 Å². The predicted molar refractivity (Wildman–Crippen MR) is 59.3 cm³/mol. The summed E-state index contributed by atoms with van der Waals surface area (Å²) < 4.78 is 4.78. The van der Waals surface area contributed by atoms with Crippen molar-refractivity contribution in [2.75, 3.05) is 0 Å². The van der Waals surface area contributed by atoms with Gasteiger partial charge in [0.25, 0.3) is 0 Å². The van der Waals surface area contributed by atoms with E-state index in [0.717, 1.165) is 6.42 Å². The Bertz CT molecular complexity index is 457. The van der Waals surface area contributed by atoms with Gasteiger partial charge in [-0.1, -0.05) is 11.6 Å². The standard InChI is InChI=1S/C11H15N3O4/c1-6-13-9(14-18-6)5-12-10(15)7-3-2-4-8(7)11(16)17/h7-8H,2-5H2,1H3,(H,12,15)(H,16,17)/t7-,8+/m1/s1. The third-order valence-corrected chi connectivity index (χ3v) is 3.16. The minimum absolute atomic E-state index is 0.166. The molecule has 1 fully saturated rings. The Hall–Kier alpha value is -1.92. The molecular formula is C11H15N3O4. The van der Waals surface area contributed by atoms with Crippen molar-refractivity contribution in [2.45, 2.75) is 32.7 Å². The van der Waals surface area contributed by atoms with Gasteiger partial charge in [0.2, 0.25) is 11.8 Å². The maximum atomic E-state index is 11.9. The number of rotatable bonds is 4. The van der Waals surface area contributed by atoms with Crippen LogP contribution < -0.4 is 5.32 Å². The number of carbonyl (C=O) groups is 2. The Morgan fingerprint density at radius 3 is 2.78 bits per heavy atom. The highest BCUT2D eigenvalue weighted by molar-refractivity contribution is 5.85. The largest absolute Gasteiger partial charge is 0.481 e. The summed E-state index contributed by atoms with van der Waals surface area (Å²) >= 11 is 0. The number of aryl methyl sites for hydroxylation is 1. The van der Waals surface area contributed by atoms with E-state index in [1.165, 1.54) is 0 Å². The molecular weight excluding hydrogens is 238 g/mol.